The van der Waals surface area contributed by atoms with Crippen molar-refractivity contribution in [1.29, 1.82) is 0 Å². The molecule has 156 valence electrons. The molecule has 0 bridgehead atoms. The Bertz CT molecular complexity index is 1170. The summed E-state index contributed by atoms with van der Waals surface area (Å²) >= 11 is 6.05. The number of hydrogen-bond acceptors (Lipinski definition) is 6. The zero-order valence-electron chi connectivity index (χ0n) is 16.4. The van der Waals surface area contributed by atoms with Gasteiger partial charge in [-0.25, -0.2) is 18.4 Å². The fourth-order valence-electron chi connectivity index (χ4n) is 2.71. The lowest BCUT2D eigenvalue weighted by molar-refractivity contribution is 0.0945. The first-order valence-corrected chi connectivity index (χ1v) is 11.0. The summed E-state index contributed by atoms with van der Waals surface area (Å²) in [5.41, 5.74) is 2.12. The van der Waals surface area contributed by atoms with Gasteiger partial charge in [-0.05, 0) is 35.7 Å². The monoisotopic (exact) mass is 445 g/mol. The average Bonchev–Trinajstić information content (AvgIpc) is 2.74. The van der Waals surface area contributed by atoms with E-state index in [0.29, 0.717) is 11.3 Å². The van der Waals surface area contributed by atoms with Gasteiger partial charge in [0.2, 0.25) is 15.0 Å². The largest absolute Gasteiger partial charge is 0.497 e. The molecule has 7 nitrogen and oxygen atoms in total. The molecule has 0 unspecified atom stereocenters. The average molecular weight is 446 g/mol. The van der Waals surface area contributed by atoms with Crippen LogP contribution in [-0.4, -0.2) is 31.4 Å². The number of rotatable bonds is 7. The Kier molecular flexibility index (Phi) is 6.69. The molecule has 0 aliphatic heterocycles. The van der Waals surface area contributed by atoms with Crippen LogP contribution < -0.4 is 10.1 Å². The zero-order chi connectivity index (χ0) is 21.7. The minimum Gasteiger partial charge on any atom is -0.497 e. The van der Waals surface area contributed by atoms with Crippen LogP contribution in [0.1, 0.15) is 27.2 Å². The van der Waals surface area contributed by atoms with Crippen molar-refractivity contribution < 1.29 is 17.9 Å². The molecule has 3 aromatic rings. The van der Waals surface area contributed by atoms with E-state index >= 15 is 0 Å². The predicted molar refractivity (Wildman–Crippen MR) is 113 cm³/mol. The molecule has 0 fully saturated rings. The van der Waals surface area contributed by atoms with Crippen molar-refractivity contribution in [2.24, 2.45) is 0 Å². The maximum absolute atomic E-state index is 12.8. The van der Waals surface area contributed by atoms with E-state index in [0.717, 1.165) is 17.3 Å². The van der Waals surface area contributed by atoms with Crippen molar-refractivity contribution >= 4 is 27.3 Å². The van der Waals surface area contributed by atoms with Gasteiger partial charge in [-0.1, -0.05) is 48.0 Å². The number of carbonyl (C=O) groups is 1. The van der Waals surface area contributed by atoms with Crippen molar-refractivity contribution in [3.63, 3.8) is 0 Å². The standard InChI is InChI=1S/C21H20ClN3O4S/c1-14-5-3-4-6-16(14)13-30(27,28)21-24-12-18(22)19(25-21)20(26)23-11-15-7-9-17(29-2)10-8-15/h3-10,12H,11,13H2,1-2H3,(H,23,26). The van der Waals surface area contributed by atoms with Gasteiger partial charge < -0.3 is 10.1 Å². The quantitative estimate of drug-likeness (QED) is 0.560. The minimum atomic E-state index is -3.86. The van der Waals surface area contributed by atoms with Crippen LogP contribution >= 0.6 is 11.6 Å². The van der Waals surface area contributed by atoms with Crippen molar-refractivity contribution in [3.8, 4) is 5.75 Å². The number of methoxy groups -OCH3 is 1. The van der Waals surface area contributed by atoms with E-state index in [1.54, 1.807) is 43.5 Å². The first-order chi connectivity index (χ1) is 14.3. The summed E-state index contributed by atoms with van der Waals surface area (Å²) in [6.45, 7) is 2.04. The number of sulfone groups is 1. The second kappa shape index (κ2) is 9.23. The van der Waals surface area contributed by atoms with Crippen molar-refractivity contribution in [2.75, 3.05) is 7.11 Å². The fourth-order valence-corrected chi connectivity index (χ4v) is 4.19. The molecule has 2 aromatic carbocycles. The summed E-state index contributed by atoms with van der Waals surface area (Å²) in [6, 6.07) is 14.3. The van der Waals surface area contributed by atoms with E-state index in [9.17, 15) is 13.2 Å². The van der Waals surface area contributed by atoms with Gasteiger partial charge in [0.05, 0.1) is 24.1 Å². The number of nitrogens with zero attached hydrogens (tertiary/aromatic N) is 2. The topological polar surface area (TPSA) is 98.2 Å². The summed E-state index contributed by atoms with van der Waals surface area (Å²) in [7, 11) is -2.29. The molecule has 1 aromatic heterocycles. The normalized spacial score (nSPS) is 11.2. The summed E-state index contributed by atoms with van der Waals surface area (Å²) < 4.78 is 30.6. The molecule has 9 heteroatoms. The molecule has 0 atom stereocenters. The Morgan fingerprint density at radius 2 is 1.83 bits per heavy atom. The van der Waals surface area contributed by atoms with E-state index in [4.69, 9.17) is 16.3 Å². The van der Waals surface area contributed by atoms with Crippen LogP contribution in [0, 0.1) is 6.92 Å². The van der Waals surface area contributed by atoms with Crippen molar-refractivity contribution in [1.82, 2.24) is 15.3 Å². The highest BCUT2D eigenvalue weighted by atomic mass is 35.5. The van der Waals surface area contributed by atoms with Gasteiger partial charge >= 0.3 is 0 Å². The zero-order valence-corrected chi connectivity index (χ0v) is 18.0. The highest BCUT2D eigenvalue weighted by Gasteiger charge is 2.23. The van der Waals surface area contributed by atoms with Crippen LogP contribution in [0.15, 0.2) is 59.9 Å². The third-order valence-electron chi connectivity index (χ3n) is 4.43. The van der Waals surface area contributed by atoms with Gasteiger partial charge in [-0.2, -0.15) is 0 Å². The van der Waals surface area contributed by atoms with Crippen LogP contribution in [0.4, 0.5) is 0 Å². The third kappa shape index (κ3) is 5.14. The summed E-state index contributed by atoms with van der Waals surface area (Å²) in [4.78, 5) is 20.3. The molecular weight excluding hydrogens is 426 g/mol. The van der Waals surface area contributed by atoms with Gasteiger partial charge in [0.15, 0.2) is 5.69 Å². The number of hydrogen-bond donors (Lipinski definition) is 1. The molecule has 0 saturated carbocycles. The molecule has 0 saturated heterocycles. The van der Waals surface area contributed by atoms with Crippen LogP contribution in [0.2, 0.25) is 5.02 Å². The Labute approximate surface area is 180 Å². The van der Waals surface area contributed by atoms with Crippen LogP contribution in [-0.2, 0) is 22.1 Å². The highest BCUT2D eigenvalue weighted by Crippen LogP contribution is 2.19. The van der Waals surface area contributed by atoms with E-state index in [1.807, 2.05) is 19.1 Å². The number of carbonyl (C=O) groups excluding carboxylic acids is 1. The lowest BCUT2D eigenvalue weighted by Crippen LogP contribution is -2.25. The van der Waals surface area contributed by atoms with E-state index in [1.165, 1.54) is 0 Å². The van der Waals surface area contributed by atoms with Gasteiger partial charge in [-0.15, -0.1) is 0 Å². The maximum Gasteiger partial charge on any atom is 0.271 e. The molecule has 1 N–H and O–H groups in total. The van der Waals surface area contributed by atoms with Crippen molar-refractivity contribution in [2.45, 2.75) is 24.4 Å². The Balaban J connectivity index is 1.78. The number of aromatic nitrogens is 2. The molecular formula is C21H20ClN3O4S. The molecule has 0 spiro atoms. The lowest BCUT2D eigenvalue weighted by Gasteiger charge is -2.09. The molecule has 3 rings (SSSR count). The summed E-state index contributed by atoms with van der Waals surface area (Å²) in [5.74, 6) is -0.160. The molecule has 1 heterocycles. The number of benzene rings is 2. The Hall–Kier alpha value is -2.97. The smallest absolute Gasteiger partial charge is 0.271 e. The van der Waals surface area contributed by atoms with Gasteiger partial charge in [0.25, 0.3) is 5.91 Å². The molecule has 0 aliphatic carbocycles. The highest BCUT2D eigenvalue weighted by molar-refractivity contribution is 7.90. The number of aryl methyl sites for hydroxylation is 1. The van der Waals surface area contributed by atoms with Gasteiger partial charge in [0.1, 0.15) is 5.75 Å². The Morgan fingerprint density at radius 3 is 2.50 bits per heavy atom. The number of ether oxygens (including phenoxy) is 1. The molecule has 0 aliphatic rings. The number of nitrogens with one attached hydrogen (secondary N) is 1. The number of halogens is 1. The summed E-state index contributed by atoms with van der Waals surface area (Å²) in [5, 5.41) is 2.21. The Morgan fingerprint density at radius 1 is 1.13 bits per heavy atom. The second-order valence-electron chi connectivity index (χ2n) is 6.57. The van der Waals surface area contributed by atoms with Crippen molar-refractivity contribution in [3.05, 3.63) is 82.1 Å². The molecule has 0 radical (unpaired) electrons. The van der Waals surface area contributed by atoms with Crippen LogP contribution in [0.25, 0.3) is 0 Å². The second-order valence-corrected chi connectivity index (χ2v) is 8.86. The SMILES string of the molecule is COc1ccc(CNC(=O)c2nc(S(=O)(=O)Cc3ccccc3C)ncc2Cl)cc1. The molecule has 1 amide bonds. The van der Waals surface area contributed by atoms with Gasteiger partial charge in [-0.3, -0.25) is 4.79 Å². The first-order valence-electron chi connectivity index (χ1n) is 9.01. The van der Waals surface area contributed by atoms with Gasteiger partial charge in [0, 0.05) is 6.54 Å². The fraction of sp³-hybridized carbons (Fsp3) is 0.190. The van der Waals surface area contributed by atoms with Crippen LogP contribution in [0.5, 0.6) is 5.75 Å². The van der Waals surface area contributed by atoms with E-state index < -0.39 is 20.9 Å². The maximum atomic E-state index is 12.8. The predicted octanol–water partition coefficient (Wildman–Crippen LogP) is 3.35. The number of amides is 1. The molecule has 30 heavy (non-hydrogen) atoms. The lowest BCUT2D eigenvalue weighted by atomic mass is 10.1. The summed E-state index contributed by atoms with van der Waals surface area (Å²) in [6.07, 6.45) is 1.13. The third-order valence-corrected chi connectivity index (χ3v) is 6.15. The van der Waals surface area contributed by atoms with E-state index in [2.05, 4.69) is 15.3 Å². The van der Waals surface area contributed by atoms with E-state index in [-0.39, 0.29) is 23.0 Å². The first kappa shape index (κ1) is 21.7. The van der Waals surface area contributed by atoms with Crippen LogP contribution in [0.3, 0.4) is 0 Å². The minimum absolute atomic E-state index is 0.0305.